The molecule has 0 saturated heterocycles. The van der Waals surface area contributed by atoms with E-state index in [1.165, 1.54) is 0 Å². The number of amides is 2. The van der Waals surface area contributed by atoms with Crippen molar-refractivity contribution >= 4 is 34.2 Å². The third-order valence-corrected chi connectivity index (χ3v) is 2.30. The molecule has 1 aromatic heterocycles. The number of halogens is 1. The van der Waals surface area contributed by atoms with Crippen LogP contribution < -0.4 is 11.1 Å². The Hall–Kier alpha value is -1.81. The van der Waals surface area contributed by atoms with Crippen molar-refractivity contribution in [1.82, 2.24) is 4.98 Å². The summed E-state index contributed by atoms with van der Waals surface area (Å²) in [4.78, 5) is 14.9. The van der Waals surface area contributed by atoms with E-state index < -0.39 is 6.03 Å². The van der Waals surface area contributed by atoms with Crippen LogP contribution in [-0.4, -0.2) is 11.0 Å². The van der Waals surface area contributed by atoms with Gasteiger partial charge in [-0.1, -0.05) is 11.6 Å². The molecule has 0 radical (unpaired) electrons. The van der Waals surface area contributed by atoms with Gasteiger partial charge in [-0.05, 0) is 24.3 Å². The van der Waals surface area contributed by atoms with Crippen LogP contribution in [0, 0.1) is 0 Å². The number of primary amides is 1. The maximum absolute atomic E-state index is 10.7. The highest BCUT2D eigenvalue weighted by molar-refractivity contribution is 6.35. The molecule has 0 aliphatic carbocycles. The summed E-state index contributed by atoms with van der Waals surface area (Å²) in [5, 5.41) is 3.87. The van der Waals surface area contributed by atoms with E-state index in [1.807, 2.05) is 6.07 Å². The van der Waals surface area contributed by atoms with Crippen molar-refractivity contribution in [1.29, 1.82) is 0 Å². The Morgan fingerprint density at radius 3 is 2.93 bits per heavy atom. The van der Waals surface area contributed by atoms with Gasteiger partial charge in [-0.15, -0.1) is 0 Å². The van der Waals surface area contributed by atoms with Gasteiger partial charge in [-0.3, -0.25) is 4.98 Å². The van der Waals surface area contributed by atoms with E-state index in [-0.39, 0.29) is 0 Å². The van der Waals surface area contributed by atoms with Crippen LogP contribution in [0.25, 0.3) is 10.9 Å². The summed E-state index contributed by atoms with van der Waals surface area (Å²) in [6, 6.07) is 6.35. The molecule has 0 aliphatic heterocycles. The summed E-state index contributed by atoms with van der Waals surface area (Å²) in [5.74, 6) is 0. The minimum atomic E-state index is -0.621. The highest BCUT2D eigenvalue weighted by atomic mass is 35.5. The largest absolute Gasteiger partial charge is 0.351 e. The molecular weight excluding hydrogens is 214 g/mol. The lowest BCUT2D eigenvalue weighted by Crippen LogP contribution is -2.19. The second kappa shape index (κ2) is 3.74. The van der Waals surface area contributed by atoms with E-state index >= 15 is 0 Å². The molecule has 1 heterocycles. The normalized spacial score (nSPS) is 10.2. The Morgan fingerprint density at radius 2 is 2.20 bits per heavy atom. The number of hydrogen-bond acceptors (Lipinski definition) is 2. The molecule has 5 heteroatoms. The summed E-state index contributed by atoms with van der Waals surface area (Å²) >= 11 is 5.98. The van der Waals surface area contributed by atoms with Crippen LogP contribution in [-0.2, 0) is 0 Å². The lowest BCUT2D eigenvalue weighted by Gasteiger charge is -2.06. The van der Waals surface area contributed by atoms with Gasteiger partial charge in [0.1, 0.15) is 0 Å². The smallest absolute Gasteiger partial charge is 0.316 e. The summed E-state index contributed by atoms with van der Waals surface area (Å²) in [7, 11) is 0. The predicted molar refractivity (Wildman–Crippen MR) is 60.0 cm³/mol. The molecule has 0 bridgehead atoms. The first-order valence-electron chi connectivity index (χ1n) is 4.28. The average molecular weight is 222 g/mol. The van der Waals surface area contributed by atoms with Crippen molar-refractivity contribution in [3.05, 3.63) is 35.5 Å². The van der Waals surface area contributed by atoms with Crippen molar-refractivity contribution < 1.29 is 4.79 Å². The number of anilines is 1. The van der Waals surface area contributed by atoms with Crippen molar-refractivity contribution in [3.8, 4) is 0 Å². The summed E-state index contributed by atoms with van der Waals surface area (Å²) in [6.07, 6.45) is 1.63. The number of carbonyl (C=O) groups is 1. The minimum Gasteiger partial charge on any atom is -0.351 e. The summed E-state index contributed by atoms with van der Waals surface area (Å²) < 4.78 is 0. The number of urea groups is 1. The van der Waals surface area contributed by atoms with Crippen LogP contribution in [0.3, 0.4) is 0 Å². The van der Waals surface area contributed by atoms with E-state index in [2.05, 4.69) is 10.3 Å². The van der Waals surface area contributed by atoms with Crippen molar-refractivity contribution in [2.45, 2.75) is 0 Å². The van der Waals surface area contributed by atoms with E-state index in [0.717, 1.165) is 5.39 Å². The van der Waals surface area contributed by atoms with E-state index in [1.54, 1.807) is 24.4 Å². The average Bonchev–Trinajstić information content (AvgIpc) is 2.22. The van der Waals surface area contributed by atoms with E-state index in [0.29, 0.717) is 16.2 Å². The van der Waals surface area contributed by atoms with Gasteiger partial charge in [0.25, 0.3) is 0 Å². The SMILES string of the molecule is NC(=O)Nc1ccc(Cl)c2cccnc12. The van der Waals surface area contributed by atoms with Gasteiger partial charge in [0.05, 0.1) is 16.2 Å². The molecule has 4 nitrogen and oxygen atoms in total. The zero-order chi connectivity index (χ0) is 10.8. The molecule has 2 amide bonds. The predicted octanol–water partition coefficient (Wildman–Crippen LogP) is 2.38. The summed E-state index contributed by atoms with van der Waals surface area (Å²) in [6.45, 7) is 0. The van der Waals surface area contributed by atoms with Gasteiger partial charge >= 0.3 is 6.03 Å². The fourth-order valence-corrected chi connectivity index (χ4v) is 1.59. The van der Waals surface area contributed by atoms with Gasteiger partial charge in [-0.2, -0.15) is 0 Å². The number of rotatable bonds is 1. The topological polar surface area (TPSA) is 68.0 Å². The van der Waals surface area contributed by atoms with E-state index in [4.69, 9.17) is 17.3 Å². The molecule has 76 valence electrons. The number of nitrogens with zero attached hydrogens (tertiary/aromatic N) is 1. The molecule has 2 aromatic rings. The Labute approximate surface area is 91.1 Å². The van der Waals surface area contributed by atoms with Crippen molar-refractivity contribution in [2.24, 2.45) is 5.73 Å². The number of fused-ring (bicyclic) bond motifs is 1. The fourth-order valence-electron chi connectivity index (χ4n) is 1.37. The Bertz CT molecular complexity index is 527. The first kappa shape index (κ1) is 9.73. The van der Waals surface area contributed by atoms with Crippen molar-refractivity contribution in [2.75, 3.05) is 5.32 Å². The number of nitrogens with one attached hydrogen (secondary N) is 1. The third kappa shape index (κ3) is 1.85. The first-order chi connectivity index (χ1) is 7.18. The van der Waals surface area contributed by atoms with Crippen molar-refractivity contribution in [3.63, 3.8) is 0 Å². The lowest BCUT2D eigenvalue weighted by atomic mass is 10.2. The van der Waals surface area contributed by atoms with Gasteiger partial charge < -0.3 is 11.1 Å². The van der Waals surface area contributed by atoms with Crippen LogP contribution in [0.15, 0.2) is 30.5 Å². The van der Waals surface area contributed by atoms with Gasteiger partial charge in [0.15, 0.2) is 0 Å². The van der Waals surface area contributed by atoms with Gasteiger partial charge in [0, 0.05) is 11.6 Å². The molecule has 0 saturated carbocycles. The molecule has 0 fully saturated rings. The Kier molecular flexibility index (Phi) is 2.43. The molecule has 1 aromatic carbocycles. The van der Waals surface area contributed by atoms with Crippen LogP contribution >= 0.6 is 11.6 Å². The Morgan fingerprint density at radius 1 is 1.40 bits per heavy atom. The molecule has 3 N–H and O–H groups in total. The van der Waals surface area contributed by atoms with Crippen LogP contribution in [0.4, 0.5) is 10.5 Å². The van der Waals surface area contributed by atoms with Gasteiger partial charge in [-0.25, -0.2) is 4.79 Å². The molecule has 0 unspecified atom stereocenters. The molecule has 15 heavy (non-hydrogen) atoms. The molecular formula is C10H8ClN3O. The number of pyridine rings is 1. The number of hydrogen-bond donors (Lipinski definition) is 2. The minimum absolute atomic E-state index is 0.558. The van der Waals surface area contributed by atoms with Gasteiger partial charge in [0.2, 0.25) is 0 Å². The maximum atomic E-state index is 10.7. The monoisotopic (exact) mass is 221 g/mol. The second-order valence-corrected chi connectivity index (χ2v) is 3.39. The zero-order valence-corrected chi connectivity index (χ0v) is 8.45. The standard InChI is InChI=1S/C10H8ClN3O/c11-7-3-4-8(14-10(12)15)9-6(7)2-1-5-13-9/h1-5H,(H3,12,14,15). The molecule has 2 rings (SSSR count). The maximum Gasteiger partial charge on any atom is 0.316 e. The number of carbonyl (C=O) groups excluding carboxylic acids is 1. The number of aromatic nitrogens is 1. The Balaban J connectivity index is 2.66. The molecule has 0 aliphatic rings. The van der Waals surface area contributed by atoms with Crippen LogP contribution in [0.1, 0.15) is 0 Å². The molecule has 0 atom stereocenters. The quantitative estimate of drug-likeness (QED) is 0.776. The second-order valence-electron chi connectivity index (χ2n) is 2.98. The lowest BCUT2D eigenvalue weighted by molar-refractivity contribution is 0.259. The molecule has 0 spiro atoms. The van der Waals surface area contributed by atoms with E-state index in [9.17, 15) is 4.79 Å². The number of nitrogens with two attached hydrogens (primary N) is 1. The highest BCUT2D eigenvalue weighted by Crippen LogP contribution is 2.27. The zero-order valence-electron chi connectivity index (χ0n) is 7.70. The van der Waals surface area contributed by atoms with Crippen LogP contribution in [0.5, 0.6) is 0 Å². The third-order valence-electron chi connectivity index (χ3n) is 1.97. The number of benzene rings is 1. The van der Waals surface area contributed by atoms with Crippen LogP contribution in [0.2, 0.25) is 5.02 Å². The highest BCUT2D eigenvalue weighted by Gasteiger charge is 2.06. The first-order valence-corrected chi connectivity index (χ1v) is 4.66. The summed E-state index contributed by atoms with van der Waals surface area (Å²) in [5.41, 5.74) is 6.23. The fraction of sp³-hybridized carbons (Fsp3) is 0.